The van der Waals surface area contributed by atoms with Gasteiger partial charge >= 0.3 is 0 Å². The van der Waals surface area contributed by atoms with Crippen LogP contribution in [0, 0.1) is 6.92 Å². The number of benzene rings is 2. The summed E-state index contributed by atoms with van der Waals surface area (Å²) in [6, 6.07) is 11.7. The average Bonchev–Trinajstić information content (AvgIpc) is 2.98. The zero-order valence-electron chi connectivity index (χ0n) is 12.6. The van der Waals surface area contributed by atoms with Gasteiger partial charge in [-0.15, -0.1) is 11.8 Å². The van der Waals surface area contributed by atoms with E-state index in [0.717, 1.165) is 38.5 Å². The Kier molecular flexibility index (Phi) is 5.13. The zero-order valence-corrected chi connectivity index (χ0v) is 15.0. The Bertz CT molecular complexity index is 736. The highest BCUT2D eigenvalue weighted by Crippen LogP contribution is 2.33. The molecule has 0 bridgehead atoms. The molecule has 0 radical (unpaired) electrons. The highest BCUT2D eigenvalue weighted by molar-refractivity contribution is 9.10. The topological polar surface area (TPSA) is 47.6 Å². The lowest BCUT2D eigenvalue weighted by atomic mass is 10.2. The molecule has 0 aliphatic carbocycles. The van der Waals surface area contributed by atoms with Crippen LogP contribution in [0.25, 0.3) is 0 Å². The van der Waals surface area contributed by atoms with E-state index in [2.05, 4.69) is 21.2 Å². The molecule has 120 valence electrons. The standard InChI is InChI=1S/C17H16BrNO3S/c1-11-2-4-13(7-14(11)18)19-17(20)9-23-8-12-3-5-15-16(6-12)22-10-21-15/h2-7H,8-10H2,1H3,(H,19,20). The van der Waals surface area contributed by atoms with Crippen molar-refractivity contribution in [1.29, 1.82) is 0 Å². The first kappa shape index (κ1) is 16.2. The molecule has 1 N–H and O–H groups in total. The minimum absolute atomic E-state index is 0.00787. The minimum atomic E-state index is -0.00787. The fourth-order valence-corrected chi connectivity index (χ4v) is 3.31. The van der Waals surface area contributed by atoms with E-state index in [1.165, 1.54) is 0 Å². The van der Waals surface area contributed by atoms with Crippen molar-refractivity contribution in [2.24, 2.45) is 0 Å². The molecular formula is C17H16BrNO3S. The Morgan fingerprint density at radius 2 is 2.04 bits per heavy atom. The number of carbonyl (C=O) groups excluding carboxylic acids is 1. The summed E-state index contributed by atoms with van der Waals surface area (Å²) in [4.78, 5) is 12.0. The molecule has 0 atom stereocenters. The lowest BCUT2D eigenvalue weighted by Crippen LogP contribution is -2.14. The molecule has 0 unspecified atom stereocenters. The number of nitrogens with one attached hydrogen (secondary N) is 1. The van der Waals surface area contributed by atoms with Crippen LogP contribution in [0.2, 0.25) is 0 Å². The van der Waals surface area contributed by atoms with Gasteiger partial charge in [-0.1, -0.05) is 28.1 Å². The predicted molar refractivity (Wildman–Crippen MR) is 96.2 cm³/mol. The Hall–Kier alpha value is -1.66. The van der Waals surface area contributed by atoms with Gasteiger partial charge in [-0.2, -0.15) is 0 Å². The number of rotatable bonds is 5. The van der Waals surface area contributed by atoms with Crippen LogP contribution in [-0.4, -0.2) is 18.5 Å². The van der Waals surface area contributed by atoms with Gasteiger partial charge in [-0.3, -0.25) is 4.79 Å². The summed E-state index contributed by atoms with van der Waals surface area (Å²) >= 11 is 5.03. The van der Waals surface area contributed by atoms with Gasteiger partial charge in [0, 0.05) is 15.9 Å². The number of carbonyl (C=O) groups is 1. The van der Waals surface area contributed by atoms with Crippen LogP contribution in [0.4, 0.5) is 5.69 Å². The van der Waals surface area contributed by atoms with Gasteiger partial charge in [-0.05, 0) is 42.3 Å². The summed E-state index contributed by atoms with van der Waals surface area (Å²) < 4.78 is 11.6. The van der Waals surface area contributed by atoms with Gasteiger partial charge in [-0.25, -0.2) is 0 Å². The Labute approximate surface area is 147 Å². The smallest absolute Gasteiger partial charge is 0.234 e. The molecule has 1 aliphatic heterocycles. The number of fused-ring (bicyclic) bond motifs is 1. The van der Waals surface area contributed by atoms with Crippen LogP contribution in [0.15, 0.2) is 40.9 Å². The lowest BCUT2D eigenvalue weighted by Gasteiger charge is -2.07. The number of aryl methyl sites for hydroxylation is 1. The van der Waals surface area contributed by atoms with Crippen LogP contribution in [-0.2, 0) is 10.5 Å². The third-order valence-electron chi connectivity index (χ3n) is 3.39. The third-order valence-corrected chi connectivity index (χ3v) is 5.25. The van der Waals surface area contributed by atoms with E-state index in [1.54, 1.807) is 11.8 Å². The van der Waals surface area contributed by atoms with Crippen molar-refractivity contribution in [3.8, 4) is 11.5 Å². The molecule has 3 rings (SSSR count). The zero-order chi connectivity index (χ0) is 16.2. The van der Waals surface area contributed by atoms with E-state index in [9.17, 15) is 4.79 Å². The van der Waals surface area contributed by atoms with Gasteiger partial charge in [0.05, 0.1) is 5.75 Å². The fraction of sp³-hybridized carbons (Fsp3) is 0.235. The Balaban J connectivity index is 1.48. The minimum Gasteiger partial charge on any atom is -0.454 e. The van der Waals surface area contributed by atoms with Crippen molar-refractivity contribution in [2.75, 3.05) is 17.9 Å². The second-order valence-electron chi connectivity index (χ2n) is 5.19. The molecular weight excluding hydrogens is 378 g/mol. The predicted octanol–water partition coefficient (Wildman–Crippen LogP) is 4.36. The molecule has 2 aromatic carbocycles. The van der Waals surface area contributed by atoms with Crippen molar-refractivity contribution < 1.29 is 14.3 Å². The monoisotopic (exact) mass is 393 g/mol. The van der Waals surface area contributed by atoms with E-state index >= 15 is 0 Å². The largest absolute Gasteiger partial charge is 0.454 e. The average molecular weight is 394 g/mol. The summed E-state index contributed by atoms with van der Waals surface area (Å²) in [6.07, 6.45) is 0. The van der Waals surface area contributed by atoms with Gasteiger partial charge in [0.1, 0.15) is 0 Å². The van der Waals surface area contributed by atoms with Crippen molar-refractivity contribution in [3.63, 3.8) is 0 Å². The summed E-state index contributed by atoms with van der Waals surface area (Å²) in [7, 11) is 0. The molecule has 23 heavy (non-hydrogen) atoms. The molecule has 0 saturated heterocycles. The summed E-state index contributed by atoms with van der Waals surface area (Å²) in [5.74, 6) is 2.70. The number of hydrogen-bond acceptors (Lipinski definition) is 4. The fourth-order valence-electron chi connectivity index (χ4n) is 2.16. The molecule has 1 aliphatic rings. The highest BCUT2D eigenvalue weighted by atomic mass is 79.9. The van der Waals surface area contributed by atoms with E-state index in [4.69, 9.17) is 9.47 Å². The SMILES string of the molecule is Cc1ccc(NC(=O)CSCc2ccc3c(c2)OCO3)cc1Br. The summed E-state index contributed by atoms with van der Waals surface area (Å²) in [5.41, 5.74) is 3.06. The Morgan fingerprint density at radius 3 is 2.87 bits per heavy atom. The van der Waals surface area contributed by atoms with E-state index in [-0.39, 0.29) is 12.7 Å². The van der Waals surface area contributed by atoms with Crippen LogP contribution in [0.3, 0.4) is 0 Å². The van der Waals surface area contributed by atoms with Crippen LogP contribution in [0.1, 0.15) is 11.1 Å². The molecule has 0 saturated carbocycles. The van der Waals surface area contributed by atoms with E-state index in [0.29, 0.717) is 5.75 Å². The molecule has 0 fully saturated rings. The first-order valence-corrected chi connectivity index (χ1v) is 9.09. The second kappa shape index (κ2) is 7.27. The number of halogens is 1. The van der Waals surface area contributed by atoms with E-state index < -0.39 is 0 Å². The molecule has 2 aromatic rings. The molecule has 4 nitrogen and oxygen atoms in total. The van der Waals surface area contributed by atoms with Crippen molar-refractivity contribution in [2.45, 2.75) is 12.7 Å². The summed E-state index contributed by atoms with van der Waals surface area (Å²) in [6.45, 7) is 2.29. The van der Waals surface area contributed by atoms with Crippen LogP contribution < -0.4 is 14.8 Å². The molecule has 0 aromatic heterocycles. The first-order valence-electron chi connectivity index (χ1n) is 7.14. The number of thioether (sulfide) groups is 1. The molecule has 6 heteroatoms. The van der Waals surface area contributed by atoms with Crippen molar-refractivity contribution in [1.82, 2.24) is 0 Å². The second-order valence-corrected chi connectivity index (χ2v) is 7.03. The van der Waals surface area contributed by atoms with E-state index in [1.807, 2.05) is 43.3 Å². The van der Waals surface area contributed by atoms with Crippen LogP contribution in [0.5, 0.6) is 11.5 Å². The van der Waals surface area contributed by atoms with Gasteiger partial charge < -0.3 is 14.8 Å². The number of hydrogen-bond donors (Lipinski definition) is 1. The number of ether oxygens (including phenoxy) is 2. The highest BCUT2D eigenvalue weighted by Gasteiger charge is 2.13. The maximum Gasteiger partial charge on any atom is 0.234 e. The quantitative estimate of drug-likeness (QED) is 0.819. The van der Waals surface area contributed by atoms with Gasteiger partial charge in [0.25, 0.3) is 0 Å². The van der Waals surface area contributed by atoms with Crippen molar-refractivity contribution in [3.05, 3.63) is 52.0 Å². The van der Waals surface area contributed by atoms with Gasteiger partial charge in [0.2, 0.25) is 12.7 Å². The maximum atomic E-state index is 12.0. The molecule has 1 heterocycles. The Morgan fingerprint density at radius 1 is 1.22 bits per heavy atom. The summed E-state index contributed by atoms with van der Waals surface area (Å²) in [5, 5.41) is 2.90. The van der Waals surface area contributed by atoms with Crippen molar-refractivity contribution >= 4 is 39.3 Å². The normalized spacial score (nSPS) is 12.3. The lowest BCUT2D eigenvalue weighted by molar-refractivity contribution is -0.113. The van der Waals surface area contributed by atoms with Gasteiger partial charge in [0.15, 0.2) is 11.5 Å². The molecule has 0 spiro atoms. The van der Waals surface area contributed by atoms with Crippen LogP contribution >= 0.6 is 27.7 Å². The number of anilines is 1. The molecule has 1 amide bonds. The maximum absolute atomic E-state index is 12.0. The first-order chi connectivity index (χ1) is 11.1. The third kappa shape index (κ3) is 4.20. The number of amides is 1.